The van der Waals surface area contributed by atoms with E-state index in [1.54, 1.807) is 31.0 Å². The molecule has 1 aliphatic heterocycles. The summed E-state index contributed by atoms with van der Waals surface area (Å²) in [7, 11) is 3.24. The van der Waals surface area contributed by atoms with Gasteiger partial charge in [0.2, 0.25) is 0 Å². The van der Waals surface area contributed by atoms with Gasteiger partial charge in [0, 0.05) is 36.6 Å². The lowest BCUT2D eigenvalue weighted by atomic mass is 9.97. The Bertz CT molecular complexity index is 1200. The zero-order chi connectivity index (χ0) is 22.1. The van der Waals surface area contributed by atoms with Crippen molar-refractivity contribution in [3.05, 3.63) is 69.6 Å². The molecule has 0 bridgehead atoms. The SMILES string of the molecule is COc1cc2c(cc1OC)CN(C(=O)c1cn(CC(C)C)c(=O)c3ccccc13)CC2. The van der Waals surface area contributed by atoms with E-state index in [-0.39, 0.29) is 11.5 Å². The smallest absolute Gasteiger partial charge is 0.258 e. The van der Waals surface area contributed by atoms with Crippen LogP contribution in [0.5, 0.6) is 11.5 Å². The number of rotatable bonds is 5. The molecule has 1 aromatic heterocycles. The second-order valence-electron chi connectivity index (χ2n) is 8.39. The standard InChI is InChI=1S/C25H28N2O4/c1-16(2)13-27-15-21(19-7-5-6-8-20(19)24(27)28)25(29)26-10-9-17-11-22(30-3)23(31-4)12-18(17)14-26/h5-8,11-12,15-16H,9-10,13-14H2,1-4H3. The summed E-state index contributed by atoms with van der Waals surface area (Å²) in [5.74, 6) is 1.60. The first-order valence-electron chi connectivity index (χ1n) is 10.6. The van der Waals surface area contributed by atoms with Gasteiger partial charge in [0.25, 0.3) is 11.5 Å². The molecule has 4 rings (SSSR count). The van der Waals surface area contributed by atoms with Crippen molar-refractivity contribution in [1.29, 1.82) is 0 Å². The Morgan fingerprint density at radius 3 is 2.32 bits per heavy atom. The summed E-state index contributed by atoms with van der Waals surface area (Å²) in [4.78, 5) is 28.4. The number of hydrogen-bond acceptors (Lipinski definition) is 4. The summed E-state index contributed by atoms with van der Waals surface area (Å²) in [5.41, 5.74) is 2.73. The maximum Gasteiger partial charge on any atom is 0.258 e. The highest BCUT2D eigenvalue weighted by molar-refractivity contribution is 6.06. The molecule has 0 N–H and O–H groups in total. The zero-order valence-electron chi connectivity index (χ0n) is 18.5. The first-order chi connectivity index (χ1) is 14.9. The van der Waals surface area contributed by atoms with Crippen LogP contribution in [0.4, 0.5) is 0 Å². The largest absolute Gasteiger partial charge is 0.493 e. The minimum absolute atomic E-state index is 0.0540. The van der Waals surface area contributed by atoms with Crippen LogP contribution in [0.3, 0.4) is 0 Å². The van der Waals surface area contributed by atoms with E-state index in [0.29, 0.717) is 53.4 Å². The van der Waals surface area contributed by atoms with Crippen molar-refractivity contribution in [2.45, 2.75) is 33.4 Å². The van der Waals surface area contributed by atoms with Crippen molar-refractivity contribution in [3.63, 3.8) is 0 Å². The van der Waals surface area contributed by atoms with Crippen LogP contribution in [0.15, 0.2) is 47.4 Å². The third-order valence-electron chi connectivity index (χ3n) is 5.79. The average Bonchev–Trinajstić information content (AvgIpc) is 2.78. The van der Waals surface area contributed by atoms with Gasteiger partial charge in [-0.15, -0.1) is 0 Å². The fraction of sp³-hybridized carbons (Fsp3) is 0.360. The number of pyridine rings is 1. The number of aromatic nitrogens is 1. The van der Waals surface area contributed by atoms with E-state index in [1.807, 2.05) is 35.2 Å². The van der Waals surface area contributed by atoms with Crippen LogP contribution in [-0.2, 0) is 19.5 Å². The Morgan fingerprint density at radius 2 is 1.68 bits per heavy atom. The molecule has 2 heterocycles. The van der Waals surface area contributed by atoms with Gasteiger partial charge in [0.1, 0.15) is 0 Å². The van der Waals surface area contributed by atoms with Crippen molar-refractivity contribution in [3.8, 4) is 11.5 Å². The Balaban J connectivity index is 1.74. The number of carbonyl (C=O) groups excluding carboxylic acids is 1. The molecule has 0 spiro atoms. The zero-order valence-corrected chi connectivity index (χ0v) is 18.5. The Kier molecular flexibility index (Phi) is 5.72. The number of benzene rings is 2. The van der Waals surface area contributed by atoms with Crippen LogP contribution in [0.25, 0.3) is 10.8 Å². The monoisotopic (exact) mass is 420 g/mol. The van der Waals surface area contributed by atoms with Crippen molar-refractivity contribution in [2.24, 2.45) is 5.92 Å². The highest BCUT2D eigenvalue weighted by atomic mass is 16.5. The molecule has 6 heteroatoms. The topological polar surface area (TPSA) is 60.8 Å². The van der Waals surface area contributed by atoms with Gasteiger partial charge in [-0.2, -0.15) is 0 Å². The van der Waals surface area contributed by atoms with Gasteiger partial charge in [-0.25, -0.2) is 0 Å². The summed E-state index contributed by atoms with van der Waals surface area (Å²) in [6.07, 6.45) is 2.47. The van der Waals surface area contributed by atoms with Crippen LogP contribution >= 0.6 is 0 Å². The molecule has 1 amide bonds. The van der Waals surface area contributed by atoms with Crippen molar-refractivity contribution < 1.29 is 14.3 Å². The number of nitrogens with zero attached hydrogens (tertiary/aromatic N) is 2. The molecule has 6 nitrogen and oxygen atoms in total. The van der Waals surface area contributed by atoms with E-state index in [9.17, 15) is 9.59 Å². The highest BCUT2D eigenvalue weighted by Gasteiger charge is 2.26. The van der Waals surface area contributed by atoms with E-state index in [0.717, 1.165) is 17.5 Å². The second kappa shape index (κ2) is 8.46. The molecule has 0 saturated carbocycles. The number of hydrogen-bond donors (Lipinski definition) is 0. The molecule has 31 heavy (non-hydrogen) atoms. The van der Waals surface area contributed by atoms with Crippen LogP contribution in [0, 0.1) is 5.92 Å². The fourth-order valence-electron chi connectivity index (χ4n) is 4.27. The average molecular weight is 421 g/mol. The van der Waals surface area contributed by atoms with Gasteiger partial charge in [-0.05, 0) is 41.7 Å². The maximum atomic E-state index is 13.6. The minimum atomic E-state index is -0.0610. The quantitative estimate of drug-likeness (QED) is 0.629. The van der Waals surface area contributed by atoms with Crippen molar-refractivity contribution >= 4 is 16.7 Å². The van der Waals surface area contributed by atoms with Gasteiger partial charge in [0.15, 0.2) is 11.5 Å². The van der Waals surface area contributed by atoms with Gasteiger partial charge in [-0.1, -0.05) is 32.0 Å². The van der Waals surface area contributed by atoms with Crippen LogP contribution in [0.2, 0.25) is 0 Å². The summed E-state index contributed by atoms with van der Waals surface area (Å²) in [5, 5.41) is 1.29. The van der Waals surface area contributed by atoms with Crippen molar-refractivity contribution in [2.75, 3.05) is 20.8 Å². The number of ether oxygens (including phenoxy) is 2. The van der Waals surface area contributed by atoms with Crippen LogP contribution < -0.4 is 15.0 Å². The fourth-order valence-corrected chi connectivity index (χ4v) is 4.27. The van der Waals surface area contributed by atoms with E-state index in [2.05, 4.69) is 13.8 Å². The molecule has 1 aliphatic rings. The van der Waals surface area contributed by atoms with Crippen LogP contribution in [-0.4, -0.2) is 36.1 Å². The third-order valence-corrected chi connectivity index (χ3v) is 5.79. The van der Waals surface area contributed by atoms with Crippen LogP contribution in [0.1, 0.15) is 35.3 Å². The molecular weight excluding hydrogens is 392 g/mol. The molecule has 0 fully saturated rings. The summed E-state index contributed by atoms with van der Waals surface area (Å²) < 4.78 is 12.5. The Hall–Kier alpha value is -3.28. The lowest BCUT2D eigenvalue weighted by Gasteiger charge is -2.30. The van der Waals surface area contributed by atoms with Gasteiger partial charge in [-0.3, -0.25) is 9.59 Å². The first-order valence-corrected chi connectivity index (χ1v) is 10.6. The molecule has 0 aliphatic carbocycles. The Morgan fingerprint density at radius 1 is 1.03 bits per heavy atom. The molecule has 3 aromatic rings. The number of amides is 1. The molecule has 0 radical (unpaired) electrons. The van der Waals surface area contributed by atoms with E-state index >= 15 is 0 Å². The van der Waals surface area contributed by atoms with E-state index in [1.165, 1.54) is 0 Å². The second-order valence-corrected chi connectivity index (χ2v) is 8.39. The molecule has 0 saturated heterocycles. The number of fused-ring (bicyclic) bond motifs is 2. The first kappa shape index (κ1) is 21.0. The number of carbonyl (C=O) groups is 1. The molecule has 162 valence electrons. The highest BCUT2D eigenvalue weighted by Crippen LogP contribution is 2.33. The predicted octanol–water partition coefficient (Wildman–Crippen LogP) is 3.87. The van der Waals surface area contributed by atoms with E-state index in [4.69, 9.17) is 9.47 Å². The summed E-state index contributed by atoms with van der Waals surface area (Å²) in [6.45, 7) is 5.80. The maximum absolute atomic E-state index is 13.6. The lowest BCUT2D eigenvalue weighted by Crippen LogP contribution is -2.37. The van der Waals surface area contributed by atoms with Gasteiger partial charge < -0.3 is 18.9 Å². The minimum Gasteiger partial charge on any atom is -0.493 e. The molecular formula is C25H28N2O4. The molecule has 0 atom stereocenters. The molecule has 2 aromatic carbocycles. The van der Waals surface area contributed by atoms with Gasteiger partial charge >= 0.3 is 0 Å². The van der Waals surface area contributed by atoms with Crippen molar-refractivity contribution in [1.82, 2.24) is 9.47 Å². The third kappa shape index (κ3) is 3.90. The van der Waals surface area contributed by atoms with E-state index < -0.39 is 0 Å². The lowest BCUT2D eigenvalue weighted by molar-refractivity contribution is 0.0735. The summed E-state index contributed by atoms with van der Waals surface area (Å²) in [6, 6.07) is 11.3. The summed E-state index contributed by atoms with van der Waals surface area (Å²) >= 11 is 0. The van der Waals surface area contributed by atoms with Gasteiger partial charge in [0.05, 0.1) is 19.8 Å². The predicted molar refractivity (Wildman–Crippen MR) is 121 cm³/mol. The normalized spacial score (nSPS) is 13.4. The Labute approximate surface area is 182 Å². The molecule has 0 unspecified atom stereocenters. The number of methoxy groups -OCH3 is 2.